The Hall–Kier alpha value is -3.95. The first-order chi connectivity index (χ1) is 17.1. The van der Waals surface area contributed by atoms with Gasteiger partial charge in [-0.25, -0.2) is 14.4 Å². The molecule has 3 heterocycles. The number of fused-ring (bicyclic) bond motifs is 3. The summed E-state index contributed by atoms with van der Waals surface area (Å²) in [6.07, 6.45) is -4.80. The van der Waals surface area contributed by atoms with Crippen molar-refractivity contribution < 1.29 is 22.4 Å². The second kappa shape index (κ2) is 8.61. The number of rotatable bonds is 4. The fraction of sp³-hybridized carbons (Fsp3) is 0.269. The molecule has 1 unspecified atom stereocenters. The van der Waals surface area contributed by atoms with E-state index in [-0.39, 0.29) is 24.1 Å². The van der Waals surface area contributed by atoms with E-state index in [2.05, 4.69) is 15.3 Å². The third-order valence-corrected chi connectivity index (χ3v) is 6.52. The first-order valence-electron chi connectivity index (χ1n) is 11.4. The Morgan fingerprint density at radius 3 is 2.50 bits per heavy atom. The van der Waals surface area contributed by atoms with Gasteiger partial charge in [0.05, 0.1) is 23.0 Å². The fourth-order valence-corrected chi connectivity index (χ4v) is 4.76. The first-order valence-corrected chi connectivity index (χ1v) is 11.4. The molecule has 10 heteroatoms. The molecule has 0 saturated heterocycles. The number of halogens is 4. The van der Waals surface area contributed by atoms with Gasteiger partial charge in [-0.05, 0) is 31.5 Å². The van der Waals surface area contributed by atoms with Crippen molar-refractivity contribution in [1.29, 1.82) is 0 Å². The average Bonchev–Trinajstić information content (AvgIpc) is 3.17. The molecule has 1 aliphatic heterocycles. The van der Waals surface area contributed by atoms with Crippen LogP contribution in [0.15, 0.2) is 54.6 Å². The maximum Gasteiger partial charge on any atom is 0.419 e. The third kappa shape index (κ3) is 3.96. The number of likely N-dealkylation sites (N-methyl/N-ethyl adjacent to an activating group) is 1. The van der Waals surface area contributed by atoms with Crippen LogP contribution in [0.5, 0.6) is 0 Å². The van der Waals surface area contributed by atoms with Gasteiger partial charge in [0.2, 0.25) is 5.91 Å². The van der Waals surface area contributed by atoms with Crippen LogP contribution in [0, 0.1) is 12.7 Å². The number of hydrogen-bond acceptors (Lipinski definition) is 4. The number of carbonyl (C=O) groups excluding carboxylic acids is 1. The smallest absolute Gasteiger partial charge is 0.363 e. The summed E-state index contributed by atoms with van der Waals surface area (Å²) in [5, 5.41) is 3.67. The van der Waals surface area contributed by atoms with E-state index < -0.39 is 23.6 Å². The van der Waals surface area contributed by atoms with Crippen LogP contribution in [0.2, 0.25) is 0 Å². The topological polar surface area (TPSA) is 63.1 Å². The van der Waals surface area contributed by atoms with E-state index in [0.29, 0.717) is 22.7 Å². The van der Waals surface area contributed by atoms with E-state index in [1.807, 2.05) is 41.0 Å². The molecule has 2 atom stereocenters. The molecule has 2 aromatic carbocycles. The van der Waals surface area contributed by atoms with Crippen LogP contribution in [-0.4, -0.2) is 32.4 Å². The molecule has 5 rings (SSSR count). The lowest BCUT2D eigenvalue weighted by Gasteiger charge is -2.34. The lowest BCUT2D eigenvalue weighted by atomic mass is 10.0. The van der Waals surface area contributed by atoms with Crippen molar-refractivity contribution in [3.63, 3.8) is 0 Å². The molecule has 4 aromatic rings. The van der Waals surface area contributed by atoms with Crippen LogP contribution in [0.3, 0.4) is 0 Å². The molecule has 0 fully saturated rings. The van der Waals surface area contributed by atoms with Crippen molar-refractivity contribution in [2.24, 2.45) is 0 Å². The van der Waals surface area contributed by atoms with E-state index in [1.165, 1.54) is 12.1 Å². The van der Waals surface area contributed by atoms with Crippen molar-refractivity contribution in [2.45, 2.75) is 38.7 Å². The van der Waals surface area contributed by atoms with E-state index >= 15 is 0 Å². The molecule has 2 aromatic heterocycles. The number of carbonyl (C=O) groups is 1. The molecule has 186 valence electrons. The zero-order valence-corrected chi connectivity index (χ0v) is 19.8. The molecule has 0 spiro atoms. The minimum absolute atomic E-state index is 0.0842. The summed E-state index contributed by atoms with van der Waals surface area (Å²) >= 11 is 0. The summed E-state index contributed by atoms with van der Waals surface area (Å²) in [6, 6.07) is 13.5. The molecule has 0 bridgehead atoms. The van der Waals surface area contributed by atoms with Gasteiger partial charge >= 0.3 is 6.18 Å². The van der Waals surface area contributed by atoms with E-state index in [4.69, 9.17) is 0 Å². The lowest BCUT2D eigenvalue weighted by Crippen LogP contribution is -2.40. The number of anilines is 1. The Kier molecular flexibility index (Phi) is 5.69. The molecule has 1 amide bonds. The van der Waals surface area contributed by atoms with Crippen molar-refractivity contribution >= 4 is 22.8 Å². The Morgan fingerprint density at radius 2 is 1.81 bits per heavy atom. The number of amides is 1. The van der Waals surface area contributed by atoms with Gasteiger partial charge in [0.1, 0.15) is 29.7 Å². The van der Waals surface area contributed by atoms with Gasteiger partial charge in [-0.3, -0.25) is 4.79 Å². The van der Waals surface area contributed by atoms with Gasteiger partial charge in [0.25, 0.3) is 0 Å². The van der Waals surface area contributed by atoms with E-state index in [1.54, 1.807) is 25.8 Å². The van der Waals surface area contributed by atoms with Crippen molar-refractivity contribution in [2.75, 3.05) is 12.4 Å². The lowest BCUT2D eigenvalue weighted by molar-refractivity contribution is -0.140. The van der Waals surface area contributed by atoms with Crippen LogP contribution in [0.1, 0.15) is 47.2 Å². The molecule has 1 aliphatic rings. The van der Waals surface area contributed by atoms with Gasteiger partial charge in [0, 0.05) is 18.3 Å². The van der Waals surface area contributed by atoms with Gasteiger partial charge in [-0.2, -0.15) is 13.2 Å². The molecule has 36 heavy (non-hydrogen) atoms. The van der Waals surface area contributed by atoms with Gasteiger partial charge in [0.15, 0.2) is 0 Å². The molecular weight excluding hydrogens is 474 g/mol. The maximum atomic E-state index is 14.8. The zero-order chi connectivity index (χ0) is 25.8. The van der Waals surface area contributed by atoms with Crippen LogP contribution in [0.25, 0.3) is 11.0 Å². The van der Waals surface area contributed by atoms with Crippen molar-refractivity contribution in [3.8, 4) is 0 Å². The molecule has 1 N–H and O–H groups in total. The Labute approximate surface area is 204 Å². The number of nitrogens with one attached hydrogen (secondary N) is 1. The predicted octanol–water partition coefficient (Wildman–Crippen LogP) is 5.63. The maximum absolute atomic E-state index is 14.8. The quantitative estimate of drug-likeness (QED) is 0.371. The molecule has 0 saturated carbocycles. The molecular formula is C26H23F4N5O. The second-order valence-electron chi connectivity index (χ2n) is 8.90. The fourth-order valence-electron chi connectivity index (χ4n) is 4.76. The predicted molar refractivity (Wildman–Crippen MR) is 127 cm³/mol. The van der Waals surface area contributed by atoms with Crippen LogP contribution in [-0.2, 0) is 17.5 Å². The number of nitrogens with zero attached hydrogens (tertiary/aromatic N) is 4. The number of aryl methyl sites for hydroxylation is 1. The normalized spacial score (nSPS) is 16.8. The van der Waals surface area contributed by atoms with Gasteiger partial charge in [-0.1, -0.05) is 42.5 Å². The summed E-state index contributed by atoms with van der Waals surface area (Å²) in [7, 11) is 1.75. The molecule has 0 aliphatic carbocycles. The Balaban J connectivity index is 1.61. The highest BCUT2D eigenvalue weighted by Gasteiger charge is 2.36. The number of hydrogen-bond donors (Lipinski definition) is 1. The van der Waals surface area contributed by atoms with Crippen LogP contribution in [0.4, 0.5) is 23.4 Å². The number of alkyl halides is 3. The highest BCUT2D eigenvalue weighted by molar-refractivity contribution is 5.91. The van der Waals surface area contributed by atoms with Gasteiger partial charge < -0.3 is 14.8 Å². The molecule has 6 nitrogen and oxygen atoms in total. The van der Waals surface area contributed by atoms with Crippen molar-refractivity contribution in [3.05, 3.63) is 88.6 Å². The SMILES string of the molecule is Cc1nc(N[C@H](C)c2cccc(C(F)(F)F)c2F)c2cc3n(c2n1)CC(=O)N(C)C3c1ccccc1. The van der Waals surface area contributed by atoms with Crippen LogP contribution < -0.4 is 5.32 Å². The minimum Gasteiger partial charge on any atom is -0.363 e. The summed E-state index contributed by atoms with van der Waals surface area (Å²) in [6.45, 7) is 3.35. The highest BCUT2D eigenvalue weighted by Crippen LogP contribution is 2.38. The van der Waals surface area contributed by atoms with Crippen molar-refractivity contribution in [1.82, 2.24) is 19.4 Å². The number of aromatic nitrogens is 3. The monoisotopic (exact) mass is 497 g/mol. The standard InChI is InChI=1S/C26H23F4N5O/c1-14(17-10-7-11-19(22(17)27)26(28,29)30)31-24-18-12-20-23(16-8-5-4-6-9-16)34(3)21(36)13-35(20)25(18)33-15(2)32-24/h4-12,14,23H,13H2,1-3H3,(H,31,32,33)/t14-,23?/m1/s1. The van der Waals surface area contributed by atoms with Gasteiger partial charge in [-0.15, -0.1) is 0 Å². The van der Waals surface area contributed by atoms with Crippen LogP contribution >= 0.6 is 0 Å². The summed E-state index contributed by atoms with van der Waals surface area (Å²) in [4.78, 5) is 23.6. The summed E-state index contributed by atoms with van der Waals surface area (Å²) < 4.78 is 56.3. The Morgan fingerprint density at radius 1 is 1.08 bits per heavy atom. The third-order valence-electron chi connectivity index (χ3n) is 6.52. The second-order valence-corrected chi connectivity index (χ2v) is 8.90. The highest BCUT2D eigenvalue weighted by atomic mass is 19.4. The zero-order valence-electron chi connectivity index (χ0n) is 19.8. The summed E-state index contributed by atoms with van der Waals surface area (Å²) in [5.41, 5.74) is 0.841. The van der Waals surface area contributed by atoms with E-state index in [0.717, 1.165) is 17.3 Å². The van der Waals surface area contributed by atoms with E-state index in [9.17, 15) is 22.4 Å². The number of benzene rings is 2. The summed E-state index contributed by atoms with van der Waals surface area (Å²) in [5.74, 6) is -0.644. The Bertz CT molecular complexity index is 1460. The largest absolute Gasteiger partial charge is 0.419 e. The molecule has 0 radical (unpaired) electrons. The first kappa shape index (κ1) is 23.8. The average molecular weight is 497 g/mol. The minimum atomic E-state index is -4.80.